The van der Waals surface area contributed by atoms with E-state index >= 15 is 0 Å². The number of rotatable bonds is 15. The van der Waals surface area contributed by atoms with E-state index in [2.05, 4.69) is 51.3 Å². The average molecular weight is 801 g/mol. The summed E-state index contributed by atoms with van der Waals surface area (Å²) in [6.45, 7) is 15.1. The number of carbonyl (C=O) groups is 4. The lowest BCUT2D eigenvalue weighted by molar-refractivity contribution is -0.184. The first-order valence-electron chi connectivity index (χ1n) is 22.2. The van der Waals surface area contributed by atoms with Gasteiger partial charge in [-0.25, -0.2) is 9.59 Å². The molecule has 2 spiro atoms. The average Bonchev–Trinajstić information content (AvgIpc) is 3.93. The van der Waals surface area contributed by atoms with E-state index in [1.54, 1.807) is 24.3 Å². The molecule has 0 aromatic heterocycles. The van der Waals surface area contributed by atoms with Crippen LogP contribution in [0.15, 0.2) is 60.7 Å². The Kier molecular flexibility index (Phi) is 14.1. The fraction of sp³-hybridized carbons (Fsp3) is 0.667. The second-order valence-corrected chi connectivity index (χ2v) is 18.2. The van der Waals surface area contributed by atoms with E-state index in [-0.39, 0.29) is 82.9 Å². The van der Waals surface area contributed by atoms with Crippen molar-refractivity contribution in [3.8, 4) is 0 Å². The highest BCUT2D eigenvalue weighted by atomic mass is 16.6. The molecule has 0 radical (unpaired) electrons. The standard InChI is InChI=1S/C48H68N2O8/c1-7-45(5)33-39(35(3)47(25-15-16-26-47)49(45)29-31-55-43(53)37-19-11-9-12-20-37)57-41(51)23-24-42(52)58-40-34-46(6,8-2)50(48(36(40)4)27-17-18-28-48)30-32-56-44(54)38-21-13-10-14-22-38/h9-14,19-22,35-36,39-40H,7-8,15-18,23-34H2,1-6H3. The van der Waals surface area contributed by atoms with Gasteiger partial charge in [-0.1, -0.05) is 89.8 Å². The first-order valence-corrected chi connectivity index (χ1v) is 22.2. The van der Waals surface area contributed by atoms with Gasteiger partial charge in [0.2, 0.25) is 0 Å². The lowest BCUT2D eigenvalue weighted by Crippen LogP contribution is -2.69. The van der Waals surface area contributed by atoms with Crippen LogP contribution >= 0.6 is 0 Å². The Morgan fingerprint density at radius 2 is 0.931 bits per heavy atom. The predicted octanol–water partition coefficient (Wildman–Crippen LogP) is 8.95. The number of hydrogen-bond donors (Lipinski definition) is 0. The fourth-order valence-electron chi connectivity index (χ4n) is 11.5. The highest BCUT2D eigenvalue weighted by Crippen LogP contribution is 2.54. The maximum atomic E-state index is 13.6. The quantitative estimate of drug-likeness (QED) is 0.128. The molecule has 2 saturated heterocycles. The third-order valence-electron chi connectivity index (χ3n) is 15.1. The van der Waals surface area contributed by atoms with Crippen LogP contribution in [-0.2, 0) is 28.5 Å². The normalized spacial score (nSPS) is 29.3. The maximum absolute atomic E-state index is 13.6. The molecular formula is C48H68N2O8. The van der Waals surface area contributed by atoms with Crippen LogP contribution in [-0.4, -0.2) is 94.3 Å². The molecule has 58 heavy (non-hydrogen) atoms. The Balaban J connectivity index is 1.05. The molecule has 10 nitrogen and oxygen atoms in total. The van der Waals surface area contributed by atoms with Crippen molar-refractivity contribution >= 4 is 23.9 Å². The number of likely N-dealkylation sites (tertiary alicyclic amines) is 2. The number of ether oxygens (including phenoxy) is 4. The van der Waals surface area contributed by atoms with Gasteiger partial charge in [-0.3, -0.25) is 19.4 Å². The summed E-state index contributed by atoms with van der Waals surface area (Å²) in [4.78, 5) is 57.8. The van der Waals surface area contributed by atoms with E-state index in [4.69, 9.17) is 18.9 Å². The van der Waals surface area contributed by atoms with Crippen LogP contribution < -0.4 is 0 Å². The number of esters is 4. The molecule has 2 aromatic carbocycles. The minimum atomic E-state index is -0.357. The monoisotopic (exact) mass is 800 g/mol. The summed E-state index contributed by atoms with van der Waals surface area (Å²) in [6.07, 6.45) is 10.9. The zero-order chi connectivity index (χ0) is 41.6. The maximum Gasteiger partial charge on any atom is 0.338 e. The van der Waals surface area contributed by atoms with Gasteiger partial charge in [0.1, 0.15) is 25.4 Å². The van der Waals surface area contributed by atoms with Crippen LogP contribution in [0.2, 0.25) is 0 Å². The van der Waals surface area contributed by atoms with Gasteiger partial charge in [-0.15, -0.1) is 0 Å². The van der Waals surface area contributed by atoms with E-state index in [0.717, 1.165) is 64.2 Å². The van der Waals surface area contributed by atoms with Gasteiger partial charge < -0.3 is 18.9 Å². The molecule has 10 heteroatoms. The molecule has 6 unspecified atom stereocenters. The molecule has 0 N–H and O–H groups in total. The highest BCUT2D eigenvalue weighted by molar-refractivity contribution is 5.89. The summed E-state index contributed by atoms with van der Waals surface area (Å²) in [7, 11) is 0. The molecular weight excluding hydrogens is 733 g/mol. The fourth-order valence-corrected chi connectivity index (χ4v) is 11.5. The van der Waals surface area contributed by atoms with Crippen molar-refractivity contribution in [1.82, 2.24) is 9.80 Å². The largest absolute Gasteiger partial charge is 0.462 e. The van der Waals surface area contributed by atoms with Gasteiger partial charge in [0.05, 0.1) is 24.0 Å². The second-order valence-electron chi connectivity index (χ2n) is 18.2. The molecule has 2 aliphatic carbocycles. The van der Waals surface area contributed by atoms with Gasteiger partial charge >= 0.3 is 23.9 Å². The number of piperidine rings is 2. The smallest absolute Gasteiger partial charge is 0.338 e. The highest BCUT2D eigenvalue weighted by Gasteiger charge is 2.59. The van der Waals surface area contributed by atoms with Crippen molar-refractivity contribution in [2.24, 2.45) is 11.8 Å². The molecule has 2 saturated carbocycles. The Bertz CT molecular complexity index is 1580. The minimum Gasteiger partial charge on any atom is -0.462 e. The zero-order valence-corrected chi connectivity index (χ0v) is 36.0. The van der Waals surface area contributed by atoms with E-state index < -0.39 is 0 Å². The van der Waals surface area contributed by atoms with E-state index in [1.165, 1.54) is 0 Å². The van der Waals surface area contributed by atoms with Gasteiger partial charge in [0, 0.05) is 59.9 Å². The summed E-state index contributed by atoms with van der Waals surface area (Å²) >= 11 is 0. The minimum absolute atomic E-state index is 0.0206. The Hall–Kier alpha value is -3.76. The molecule has 4 aliphatic rings. The number of hydrogen-bond acceptors (Lipinski definition) is 10. The first-order chi connectivity index (χ1) is 27.8. The van der Waals surface area contributed by atoms with Gasteiger partial charge in [-0.2, -0.15) is 0 Å². The van der Waals surface area contributed by atoms with Gasteiger partial charge in [0.25, 0.3) is 0 Å². The summed E-state index contributed by atoms with van der Waals surface area (Å²) < 4.78 is 24.2. The third-order valence-corrected chi connectivity index (χ3v) is 15.1. The Labute approximate surface area is 346 Å². The van der Waals surface area contributed by atoms with Gasteiger partial charge in [0.15, 0.2) is 0 Å². The molecule has 6 rings (SSSR count). The molecule has 4 fully saturated rings. The van der Waals surface area contributed by atoms with Crippen molar-refractivity contribution in [3.63, 3.8) is 0 Å². The summed E-state index contributed by atoms with van der Waals surface area (Å²) in [5, 5.41) is 0. The first kappa shape index (κ1) is 43.8. The number of benzene rings is 2. The summed E-state index contributed by atoms with van der Waals surface area (Å²) in [6, 6.07) is 18.2. The summed E-state index contributed by atoms with van der Waals surface area (Å²) in [5.74, 6) is -1.18. The molecule has 6 atom stereocenters. The Morgan fingerprint density at radius 1 is 0.586 bits per heavy atom. The van der Waals surface area contributed by atoms with Crippen LogP contribution in [0.25, 0.3) is 0 Å². The lowest BCUT2D eigenvalue weighted by Gasteiger charge is -2.60. The number of nitrogens with zero attached hydrogens (tertiary/aromatic N) is 2. The van der Waals surface area contributed by atoms with Crippen LogP contribution in [0.5, 0.6) is 0 Å². The van der Waals surface area contributed by atoms with Gasteiger partial charge in [-0.05, 0) is 76.6 Å². The predicted molar refractivity (Wildman–Crippen MR) is 223 cm³/mol. The van der Waals surface area contributed by atoms with E-state index in [1.807, 2.05) is 36.4 Å². The van der Waals surface area contributed by atoms with Crippen molar-refractivity contribution in [3.05, 3.63) is 71.8 Å². The van der Waals surface area contributed by atoms with Crippen molar-refractivity contribution < 1.29 is 38.1 Å². The molecule has 2 aromatic rings. The summed E-state index contributed by atoms with van der Waals surface area (Å²) in [5.41, 5.74) is 0.262. The second kappa shape index (κ2) is 18.7. The van der Waals surface area contributed by atoms with E-state index in [9.17, 15) is 19.2 Å². The molecule has 0 bridgehead atoms. The van der Waals surface area contributed by atoms with Crippen molar-refractivity contribution in [2.45, 2.75) is 166 Å². The Morgan fingerprint density at radius 3 is 1.26 bits per heavy atom. The zero-order valence-electron chi connectivity index (χ0n) is 36.0. The van der Waals surface area contributed by atoms with Crippen LogP contribution in [0, 0.1) is 11.8 Å². The molecule has 2 aliphatic heterocycles. The number of carbonyl (C=O) groups excluding carboxylic acids is 4. The van der Waals surface area contributed by atoms with Crippen LogP contribution in [0.3, 0.4) is 0 Å². The third kappa shape index (κ3) is 9.03. The SMILES string of the molecule is CCC1(C)CC(OC(=O)CCC(=O)OC2CC(C)(CC)N(CCOC(=O)c3ccccc3)C3(CCCC3)C2C)C(C)C2(CCCC2)N1CCOC(=O)c1ccccc1. The van der Waals surface area contributed by atoms with Crippen molar-refractivity contribution in [1.29, 1.82) is 0 Å². The van der Waals surface area contributed by atoms with E-state index in [0.29, 0.717) is 50.3 Å². The van der Waals surface area contributed by atoms with Crippen molar-refractivity contribution in [2.75, 3.05) is 26.3 Å². The molecule has 2 heterocycles. The lowest BCUT2D eigenvalue weighted by atomic mass is 9.67. The van der Waals surface area contributed by atoms with Crippen LogP contribution in [0.4, 0.5) is 0 Å². The topological polar surface area (TPSA) is 112 Å². The van der Waals surface area contributed by atoms with Crippen LogP contribution in [0.1, 0.15) is 152 Å². The molecule has 0 amide bonds. The molecule has 318 valence electrons.